The number of anilines is 1. The van der Waals surface area contributed by atoms with Gasteiger partial charge in [0.25, 0.3) is 5.91 Å². The molecule has 0 saturated heterocycles. The summed E-state index contributed by atoms with van der Waals surface area (Å²) in [6.45, 7) is 6.37. The summed E-state index contributed by atoms with van der Waals surface area (Å²) >= 11 is 1.32. The number of nitrogens with zero attached hydrogens (tertiary/aromatic N) is 1. The van der Waals surface area contributed by atoms with Crippen LogP contribution in [0.2, 0.25) is 0 Å². The Morgan fingerprint density at radius 2 is 1.84 bits per heavy atom. The lowest BCUT2D eigenvalue weighted by atomic mass is 10.0. The zero-order valence-electron chi connectivity index (χ0n) is 14.9. The molecule has 5 nitrogen and oxygen atoms in total. The molecule has 2 aromatic rings. The number of nitrogens with one attached hydrogen (secondary N) is 2. The van der Waals surface area contributed by atoms with Crippen LogP contribution in [-0.4, -0.2) is 22.8 Å². The molecule has 0 spiro atoms. The second-order valence-corrected chi connectivity index (χ2v) is 7.44. The van der Waals surface area contributed by atoms with E-state index in [1.807, 2.05) is 25.1 Å². The van der Waals surface area contributed by atoms with E-state index in [-0.39, 0.29) is 24.3 Å². The van der Waals surface area contributed by atoms with Crippen LogP contribution in [0.1, 0.15) is 49.7 Å². The monoisotopic (exact) mass is 359 g/mol. The van der Waals surface area contributed by atoms with Crippen molar-refractivity contribution in [1.82, 2.24) is 10.3 Å². The number of rotatable bonds is 8. The molecule has 0 unspecified atom stereocenters. The molecule has 1 aromatic carbocycles. The van der Waals surface area contributed by atoms with Crippen LogP contribution in [-0.2, 0) is 11.2 Å². The highest BCUT2D eigenvalue weighted by atomic mass is 32.1. The summed E-state index contributed by atoms with van der Waals surface area (Å²) in [6.07, 6.45) is 2.29. The van der Waals surface area contributed by atoms with Gasteiger partial charge in [-0.2, -0.15) is 0 Å². The van der Waals surface area contributed by atoms with Gasteiger partial charge in [0.2, 0.25) is 5.91 Å². The third kappa shape index (κ3) is 6.66. The highest BCUT2D eigenvalue weighted by Gasteiger charge is 2.13. The van der Waals surface area contributed by atoms with Crippen molar-refractivity contribution in [2.75, 3.05) is 5.32 Å². The van der Waals surface area contributed by atoms with Gasteiger partial charge < -0.3 is 5.32 Å². The Balaban J connectivity index is 1.82. The number of carbonyl (C=O) groups excluding carboxylic acids is 2. The van der Waals surface area contributed by atoms with Crippen molar-refractivity contribution >= 4 is 28.3 Å². The van der Waals surface area contributed by atoms with Crippen LogP contribution < -0.4 is 10.6 Å². The maximum absolute atomic E-state index is 12.1. The summed E-state index contributed by atoms with van der Waals surface area (Å²) in [4.78, 5) is 28.5. The molecule has 6 heteroatoms. The number of amides is 2. The largest absolute Gasteiger partial charge is 0.353 e. The third-order valence-electron chi connectivity index (χ3n) is 3.73. The van der Waals surface area contributed by atoms with Crippen LogP contribution in [0.15, 0.2) is 35.7 Å². The zero-order valence-corrected chi connectivity index (χ0v) is 15.7. The van der Waals surface area contributed by atoms with Gasteiger partial charge in [0, 0.05) is 17.0 Å². The number of thiazole rings is 1. The van der Waals surface area contributed by atoms with E-state index in [1.54, 1.807) is 17.5 Å². The average molecular weight is 359 g/mol. The van der Waals surface area contributed by atoms with Crippen molar-refractivity contribution in [3.05, 3.63) is 47.0 Å². The lowest BCUT2D eigenvalue weighted by Gasteiger charge is -2.14. The quantitative estimate of drug-likeness (QED) is 0.751. The molecule has 0 radical (unpaired) electrons. The summed E-state index contributed by atoms with van der Waals surface area (Å²) in [5, 5.41) is 8.07. The van der Waals surface area contributed by atoms with E-state index < -0.39 is 0 Å². The Bertz CT molecular complexity index is 698. The second kappa shape index (κ2) is 9.32. The normalized spacial score (nSPS) is 12.0. The first-order chi connectivity index (χ1) is 11.9. The van der Waals surface area contributed by atoms with Gasteiger partial charge in [-0.1, -0.05) is 32.0 Å². The van der Waals surface area contributed by atoms with Crippen molar-refractivity contribution < 1.29 is 9.59 Å². The van der Waals surface area contributed by atoms with Crippen LogP contribution >= 0.6 is 11.3 Å². The summed E-state index contributed by atoms with van der Waals surface area (Å²) in [6, 6.07) is 9.14. The van der Waals surface area contributed by atoms with Gasteiger partial charge in [-0.15, -0.1) is 11.3 Å². The van der Waals surface area contributed by atoms with E-state index in [9.17, 15) is 9.59 Å². The molecule has 2 N–H and O–H groups in total. The molecule has 134 valence electrons. The lowest BCUT2D eigenvalue weighted by molar-refractivity contribution is -0.121. The first kappa shape index (κ1) is 19.1. The van der Waals surface area contributed by atoms with Crippen LogP contribution in [0.3, 0.4) is 0 Å². The number of hydrogen-bond acceptors (Lipinski definition) is 4. The first-order valence-electron chi connectivity index (χ1n) is 8.54. The Morgan fingerprint density at radius 1 is 1.12 bits per heavy atom. The Morgan fingerprint density at radius 3 is 2.52 bits per heavy atom. The second-order valence-electron chi connectivity index (χ2n) is 6.58. The SMILES string of the molecule is CC(C)CC[C@H](C)NC(=O)Cc1csc(NC(=O)c2ccccc2)n1. The molecule has 1 atom stereocenters. The summed E-state index contributed by atoms with van der Waals surface area (Å²) in [5.74, 6) is 0.393. The van der Waals surface area contributed by atoms with Gasteiger partial charge in [0.15, 0.2) is 5.13 Å². The van der Waals surface area contributed by atoms with Crippen LogP contribution in [0.5, 0.6) is 0 Å². The topological polar surface area (TPSA) is 71.1 Å². The minimum absolute atomic E-state index is 0.0394. The maximum Gasteiger partial charge on any atom is 0.257 e. The van der Waals surface area contributed by atoms with Crippen LogP contribution in [0.25, 0.3) is 0 Å². The van der Waals surface area contributed by atoms with E-state index in [0.29, 0.717) is 22.3 Å². The molecule has 0 aliphatic heterocycles. The average Bonchev–Trinajstić information content (AvgIpc) is 3.00. The minimum Gasteiger partial charge on any atom is -0.353 e. The molecular weight excluding hydrogens is 334 g/mol. The van der Waals surface area contributed by atoms with Crippen molar-refractivity contribution in [2.24, 2.45) is 5.92 Å². The zero-order chi connectivity index (χ0) is 18.2. The van der Waals surface area contributed by atoms with Gasteiger partial charge in [-0.25, -0.2) is 4.98 Å². The van der Waals surface area contributed by atoms with Crippen molar-refractivity contribution in [3.63, 3.8) is 0 Å². The van der Waals surface area contributed by atoms with E-state index in [1.165, 1.54) is 11.3 Å². The number of benzene rings is 1. The van der Waals surface area contributed by atoms with Crippen molar-refractivity contribution in [1.29, 1.82) is 0 Å². The predicted octanol–water partition coefficient (Wildman–Crippen LogP) is 3.88. The fourth-order valence-corrected chi connectivity index (χ4v) is 3.06. The van der Waals surface area contributed by atoms with E-state index in [0.717, 1.165) is 12.8 Å². The fourth-order valence-electron chi connectivity index (χ4n) is 2.35. The number of aromatic nitrogens is 1. The van der Waals surface area contributed by atoms with Crippen molar-refractivity contribution in [2.45, 2.75) is 46.1 Å². The molecule has 1 heterocycles. The molecule has 0 aliphatic rings. The smallest absolute Gasteiger partial charge is 0.257 e. The molecule has 0 fully saturated rings. The standard InChI is InChI=1S/C19H25N3O2S/c1-13(2)9-10-14(3)20-17(23)11-16-12-25-19(21-16)22-18(24)15-7-5-4-6-8-15/h4-8,12-14H,9-11H2,1-3H3,(H,20,23)(H,21,22,24)/t14-/m0/s1. The lowest BCUT2D eigenvalue weighted by Crippen LogP contribution is -2.33. The molecule has 2 amide bonds. The predicted molar refractivity (Wildman–Crippen MR) is 102 cm³/mol. The summed E-state index contributed by atoms with van der Waals surface area (Å²) in [5.41, 5.74) is 1.25. The highest BCUT2D eigenvalue weighted by Crippen LogP contribution is 2.17. The van der Waals surface area contributed by atoms with Gasteiger partial charge in [0.05, 0.1) is 12.1 Å². The summed E-state index contributed by atoms with van der Waals surface area (Å²) in [7, 11) is 0. The van der Waals surface area contributed by atoms with Crippen molar-refractivity contribution in [3.8, 4) is 0 Å². The molecule has 0 saturated carbocycles. The Hall–Kier alpha value is -2.21. The Labute approximate surface area is 152 Å². The van der Waals surface area contributed by atoms with Gasteiger partial charge >= 0.3 is 0 Å². The van der Waals surface area contributed by atoms with E-state index in [2.05, 4.69) is 29.5 Å². The molecule has 1 aromatic heterocycles. The fraction of sp³-hybridized carbons (Fsp3) is 0.421. The molecular formula is C19H25N3O2S. The Kier molecular flexibility index (Phi) is 7.13. The summed E-state index contributed by atoms with van der Waals surface area (Å²) < 4.78 is 0. The maximum atomic E-state index is 12.1. The third-order valence-corrected chi connectivity index (χ3v) is 4.54. The molecule has 0 aliphatic carbocycles. The van der Waals surface area contributed by atoms with E-state index in [4.69, 9.17) is 0 Å². The van der Waals surface area contributed by atoms with Crippen LogP contribution in [0, 0.1) is 5.92 Å². The van der Waals surface area contributed by atoms with E-state index >= 15 is 0 Å². The molecule has 0 bridgehead atoms. The molecule has 2 rings (SSSR count). The first-order valence-corrected chi connectivity index (χ1v) is 9.42. The minimum atomic E-state index is -0.201. The van der Waals surface area contributed by atoms with Gasteiger partial charge in [-0.05, 0) is 37.8 Å². The number of hydrogen-bond donors (Lipinski definition) is 2. The van der Waals surface area contributed by atoms with Gasteiger partial charge in [0.1, 0.15) is 0 Å². The number of carbonyl (C=O) groups is 2. The molecule has 25 heavy (non-hydrogen) atoms. The highest BCUT2D eigenvalue weighted by molar-refractivity contribution is 7.14. The van der Waals surface area contributed by atoms with Crippen LogP contribution in [0.4, 0.5) is 5.13 Å². The van der Waals surface area contributed by atoms with Gasteiger partial charge in [-0.3, -0.25) is 14.9 Å².